The fourth-order valence-electron chi connectivity index (χ4n) is 1.10. The van der Waals surface area contributed by atoms with Crippen molar-refractivity contribution in [3.8, 4) is 0 Å². The monoisotopic (exact) mass is 263 g/mol. The number of hydrogen-bond acceptors (Lipinski definition) is 3. The highest BCUT2D eigenvalue weighted by atomic mass is 32.2. The molecule has 0 saturated carbocycles. The molecule has 8 heteroatoms. The Morgan fingerprint density at radius 1 is 1.12 bits per heavy atom. The minimum atomic E-state index is -1.68. The summed E-state index contributed by atoms with van der Waals surface area (Å²) in [7, 11) is 1.58. The Morgan fingerprint density at radius 3 is 2.18 bits per heavy atom. The second-order valence-electron chi connectivity index (χ2n) is 3.07. The maximum Gasteiger partial charge on any atom is 0.252 e. The molecule has 2 aromatic heterocycles. The lowest BCUT2D eigenvalue weighted by Crippen LogP contribution is -2.02. The molecule has 0 atom stereocenters. The van der Waals surface area contributed by atoms with E-state index in [2.05, 4.69) is 9.97 Å². The van der Waals surface area contributed by atoms with Crippen LogP contribution in [-0.2, 0) is 7.05 Å². The van der Waals surface area contributed by atoms with Crippen molar-refractivity contribution in [3.63, 3.8) is 0 Å². The summed E-state index contributed by atoms with van der Waals surface area (Å²) in [5, 5.41) is 0.202. The number of aromatic nitrogens is 3. The van der Waals surface area contributed by atoms with E-state index in [1.54, 1.807) is 7.05 Å². The summed E-state index contributed by atoms with van der Waals surface area (Å²) < 4.78 is 53.6. The van der Waals surface area contributed by atoms with Gasteiger partial charge in [-0.2, -0.15) is 13.8 Å². The normalized spacial score (nSPS) is 10.9. The van der Waals surface area contributed by atoms with Gasteiger partial charge in [-0.25, -0.2) is 13.8 Å². The Labute approximate surface area is 97.5 Å². The predicted octanol–water partition coefficient (Wildman–Crippen LogP) is 2.52. The lowest BCUT2D eigenvalue weighted by atomic mass is 10.4. The molecule has 0 aliphatic heterocycles. The third kappa shape index (κ3) is 2.12. The number of nitrogens with zero attached hydrogens (tertiary/aromatic N) is 3. The van der Waals surface area contributed by atoms with Crippen molar-refractivity contribution in [2.24, 2.45) is 7.05 Å². The van der Waals surface area contributed by atoms with Crippen LogP contribution < -0.4 is 0 Å². The second-order valence-corrected chi connectivity index (χ2v) is 4.05. The van der Waals surface area contributed by atoms with E-state index >= 15 is 0 Å². The average molecular weight is 263 g/mol. The number of hydrogen-bond donors (Lipinski definition) is 0. The highest BCUT2D eigenvalue weighted by Gasteiger charge is 2.22. The van der Waals surface area contributed by atoms with E-state index in [1.807, 2.05) is 0 Å². The number of rotatable bonds is 2. The molecular formula is C9H5F4N3S. The molecule has 0 saturated heterocycles. The molecule has 0 N–H and O–H groups in total. The van der Waals surface area contributed by atoms with Gasteiger partial charge in [-0.05, 0) is 11.8 Å². The molecule has 0 bridgehead atoms. The number of aryl methyl sites for hydroxylation is 1. The van der Waals surface area contributed by atoms with Crippen molar-refractivity contribution in [3.05, 3.63) is 35.9 Å². The van der Waals surface area contributed by atoms with Crippen LogP contribution in [0.2, 0.25) is 0 Å². The van der Waals surface area contributed by atoms with E-state index in [1.165, 1.54) is 17.0 Å². The summed E-state index contributed by atoms with van der Waals surface area (Å²) in [4.78, 5) is 5.44. The third-order valence-electron chi connectivity index (χ3n) is 1.93. The Morgan fingerprint density at radius 2 is 1.71 bits per heavy atom. The van der Waals surface area contributed by atoms with Crippen LogP contribution in [0, 0.1) is 23.5 Å². The zero-order valence-corrected chi connectivity index (χ0v) is 9.23. The second kappa shape index (κ2) is 4.36. The predicted molar refractivity (Wildman–Crippen MR) is 51.4 cm³/mol. The molecule has 2 heterocycles. The molecule has 0 radical (unpaired) electrons. The molecule has 0 amide bonds. The first-order valence-corrected chi connectivity index (χ1v) is 5.17. The Kier molecular flexibility index (Phi) is 3.05. The lowest BCUT2D eigenvalue weighted by Gasteiger charge is -2.05. The maximum absolute atomic E-state index is 13.3. The van der Waals surface area contributed by atoms with E-state index in [0.29, 0.717) is 11.8 Å². The smallest absolute Gasteiger partial charge is 0.252 e. The van der Waals surface area contributed by atoms with E-state index in [9.17, 15) is 17.6 Å². The van der Waals surface area contributed by atoms with E-state index in [4.69, 9.17) is 0 Å². The maximum atomic E-state index is 13.3. The van der Waals surface area contributed by atoms with Gasteiger partial charge in [0.25, 0.3) is 11.9 Å². The fraction of sp³-hybridized carbons (Fsp3) is 0.111. The van der Waals surface area contributed by atoms with Crippen LogP contribution in [0.5, 0.6) is 0 Å². The summed E-state index contributed by atoms with van der Waals surface area (Å²) in [6.07, 6.45) is 2.93. The van der Waals surface area contributed by atoms with Gasteiger partial charge in [0.1, 0.15) is 0 Å². The quantitative estimate of drug-likeness (QED) is 0.616. The van der Waals surface area contributed by atoms with Crippen molar-refractivity contribution < 1.29 is 17.6 Å². The SMILES string of the molecule is Cn1ccnc1Sc1c(F)c(F)nc(F)c1F. The number of pyridine rings is 1. The summed E-state index contributed by atoms with van der Waals surface area (Å²) >= 11 is 0.484. The van der Waals surface area contributed by atoms with Crippen LogP contribution in [0.1, 0.15) is 0 Å². The topological polar surface area (TPSA) is 30.7 Å². The minimum Gasteiger partial charge on any atom is -0.329 e. The van der Waals surface area contributed by atoms with Crippen molar-refractivity contribution in [2.75, 3.05) is 0 Å². The molecule has 0 fully saturated rings. The van der Waals surface area contributed by atoms with Crippen molar-refractivity contribution in [2.45, 2.75) is 10.1 Å². The standard InChI is InChI=1S/C9H5F4N3S/c1-16-3-2-14-9(16)17-6-4(10)7(12)15-8(13)5(6)11/h2-3H,1H3. The van der Waals surface area contributed by atoms with Crippen LogP contribution in [-0.4, -0.2) is 14.5 Å². The van der Waals surface area contributed by atoms with E-state index in [-0.39, 0.29) is 5.16 Å². The first-order valence-electron chi connectivity index (χ1n) is 4.36. The van der Waals surface area contributed by atoms with Gasteiger partial charge in [-0.15, -0.1) is 0 Å². The van der Waals surface area contributed by atoms with Gasteiger partial charge in [-0.3, -0.25) is 0 Å². The summed E-state index contributed by atoms with van der Waals surface area (Å²) in [6.45, 7) is 0. The lowest BCUT2D eigenvalue weighted by molar-refractivity contribution is 0.383. The highest BCUT2D eigenvalue weighted by molar-refractivity contribution is 7.99. The number of halogens is 4. The highest BCUT2D eigenvalue weighted by Crippen LogP contribution is 2.32. The first kappa shape index (κ1) is 11.9. The Balaban J connectivity index is 2.49. The molecular weight excluding hydrogens is 258 g/mol. The summed E-state index contributed by atoms with van der Waals surface area (Å²) in [5.74, 6) is -6.42. The Hall–Kier alpha value is -1.57. The number of imidazole rings is 1. The third-order valence-corrected chi connectivity index (χ3v) is 3.07. The molecule has 3 nitrogen and oxygen atoms in total. The van der Waals surface area contributed by atoms with Crippen molar-refractivity contribution in [1.29, 1.82) is 0 Å². The average Bonchev–Trinajstić information content (AvgIpc) is 2.68. The minimum absolute atomic E-state index is 0.202. The van der Waals surface area contributed by atoms with Gasteiger partial charge in [-0.1, -0.05) is 0 Å². The van der Waals surface area contributed by atoms with Gasteiger partial charge in [0, 0.05) is 19.4 Å². The molecule has 0 spiro atoms. The molecule has 0 unspecified atom stereocenters. The van der Waals surface area contributed by atoms with Crippen LogP contribution in [0.25, 0.3) is 0 Å². The zero-order valence-electron chi connectivity index (χ0n) is 8.42. The molecule has 2 aromatic rings. The van der Waals surface area contributed by atoms with Gasteiger partial charge in [0.2, 0.25) is 0 Å². The fourth-order valence-corrected chi connectivity index (χ4v) is 1.95. The molecule has 17 heavy (non-hydrogen) atoms. The summed E-state index contributed by atoms with van der Waals surface area (Å²) in [5.41, 5.74) is 0. The molecule has 90 valence electrons. The Bertz CT molecular complexity index is 543. The van der Waals surface area contributed by atoms with E-state index < -0.39 is 28.4 Å². The van der Waals surface area contributed by atoms with Gasteiger partial charge in [0.05, 0.1) is 4.90 Å². The van der Waals surface area contributed by atoms with Crippen molar-refractivity contribution in [1.82, 2.24) is 14.5 Å². The van der Waals surface area contributed by atoms with Crippen LogP contribution in [0.15, 0.2) is 22.4 Å². The first-order chi connectivity index (χ1) is 8.00. The van der Waals surface area contributed by atoms with E-state index in [0.717, 1.165) is 0 Å². The van der Waals surface area contributed by atoms with Crippen molar-refractivity contribution >= 4 is 11.8 Å². The molecule has 0 aliphatic carbocycles. The zero-order chi connectivity index (χ0) is 12.6. The largest absolute Gasteiger partial charge is 0.329 e. The molecule has 0 aromatic carbocycles. The van der Waals surface area contributed by atoms with Gasteiger partial charge >= 0.3 is 0 Å². The van der Waals surface area contributed by atoms with Gasteiger partial charge in [0.15, 0.2) is 16.8 Å². The summed E-state index contributed by atoms with van der Waals surface area (Å²) in [6, 6.07) is 0. The molecule has 0 aliphatic rings. The van der Waals surface area contributed by atoms with Crippen LogP contribution in [0.3, 0.4) is 0 Å². The van der Waals surface area contributed by atoms with Gasteiger partial charge < -0.3 is 4.57 Å². The van der Waals surface area contributed by atoms with Crippen LogP contribution in [0.4, 0.5) is 17.6 Å². The van der Waals surface area contributed by atoms with Crippen LogP contribution >= 0.6 is 11.8 Å². The molecule has 2 rings (SSSR count).